The molecule has 0 aliphatic carbocycles. The van der Waals surface area contributed by atoms with E-state index in [1.807, 2.05) is 20.8 Å². The summed E-state index contributed by atoms with van der Waals surface area (Å²) in [4.78, 5) is 8.75. The second-order valence-corrected chi connectivity index (χ2v) is 6.24. The lowest BCUT2D eigenvalue weighted by atomic mass is 10.1. The molecule has 1 unspecified atom stereocenters. The maximum atomic E-state index is 13.9. The van der Waals surface area contributed by atoms with Crippen LogP contribution in [0.5, 0.6) is 0 Å². The Hall–Kier alpha value is -2.51. The quantitative estimate of drug-likeness (QED) is 0.581. The molecule has 6 nitrogen and oxygen atoms in total. The van der Waals surface area contributed by atoms with Crippen molar-refractivity contribution in [2.24, 2.45) is 4.99 Å². The van der Waals surface area contributed by atoms with Gasteiger partial charge >= 0.3 is 0 Å². The largest absolute Gasteiger partial charge is 0.357 e. The van der Waals surface area contributed by atoms with Gasteiger partial charge in [0.05, 0.1) is 12.6 Å². The summed E-state index contributed by atoms with van der Waals surface area (Å²) in [6, 6.07) is 3.17. The maximum Gasteiger partial charge on any atom is 0.228 e. The number of guanidine groups is 1. The molecule has 0 fully saturated rings. The third-order valence-corrected chi connectivity index (χ3v) is 3.72. The molecule has 8 heteroatoms. The van der Waals surface area contributed by atoms with Crippen LogP contribution in [0, 0.1) is 11.6 Å². The summed E-state index contributed by atoms with van der Waals surface area (Å²) in [5.74, 6) is 0.765. The number of aromatic nitrogens is 2. The molecule has 0 bridgehead atoms. The lowest BCUT2D eigenvalue weighted by molar-refractivity contribution is 0.372. The van der Waals surface area contributed by atoms with E-state index in [2.05, 4.69) is 25.8 Å². The summed E-state index contributed by atoms with van der Waals surface area (Å²) < 4.78 is 32.2. The van der Waals surface area contributed by atoms with Gasteiger partial charge in [-0.2, -0.15) is 4.98 Å². The van der Waals surface area contributed by atoms with Gasteiger partial charge < -0.3 is 15.2 Å². The molecule has 0 amide bonds. The summed E-state index contributed by atoms with van der Waals surface area (Å²) in [5.41, 5.74) is 0.371. The van der Waals surface area contributed by atoms with Gasteiger partial charge in [-0.3, -0.25) is 4.99 Å². The molecular weight excluding hydrogens is 340 g/mol. The fraction of sp³-hybridized carbons (Fsp3) is 0.500. The first-order valence-corrected chi connectivity index (χ1v) is 8.73. The molecule has 0 saturated heterocycles. The number of halogens is 2. The molecule has 0 radical (unpaired) electrons. The zero-order chi connectivity index (χ0) is 19.1. The van der Waals surface area contributed by atoms with Gasteiger partial charge in [-0.1, -0.05) is 25.1 Å². The second-order valence-electron chi connectivity index (χ2n) is 6.24. The fourth-order valence-electron chi connectivity index (χ4n) is 2.32. The minimum Gasteiger partial charge on any atom is -0.357 e. The van der Waals surface area contributed by atoms with Crippen LogP contribution >= 0.6 is 0 Å². The molecule has 1 aromatic carbocycles. The van der Waals surface area contributed by atoms with E-state index >= 15 is 0 Å². The number of rotatable bonds is 7. The van der Waals surface area contributed by atoms with E-state index in [4.69, 9.17) is 4.52 Å². The smallest absolute Gasteiger partial charge is 0.228 e. The van der Waals surface area contributed by atoms with Crippen molar-refractivity contribution in [2.45, 2.75) is 46.1 Å². The van der Waals surface area contributed by atoms with E-state index in [1.165, 1.54) is 12.1 Å². The van der Waals surface area contributed by atoms with Gasteiger partial charge in [0.1, 0.15) is 11.6 Å². The first kappa shape index (κ1) is 19.8. The Morgan fingerprint density at radius 2 is 2.04 bits per heavy atom. The Labute approximate surface area is 152 Å². The average Bonchev–Trinajstić information content (AvgIpc) is 3.04. The summed E-state index contributed by atoms with van der Waals surface area (Å²) >= 11 is 0. The van der Waals surface area contributed by atoms with Gasteiger partial charge in [0, 0.05) is 30.5 Å². The van der Waals surface area contributed by atoms with Crippen molar-refractivity contribution in [1.82, 2.24) is 20.8 Å². The zero-order valence-electron chi connectivity index (χ0n) is 15.5. The van der Waals surface area contributed by atoms with E-state index in [0.29, 0.717) is 42.7 Å². The molecule has 0 spiro atoms. The number of nitrogens with zero attached hydrogens (tertiary/aromatic N) is 3. The lowest BCUT2D eigenvalue weighted by Gasteiger charge is -2.18. The predicted molar refractivity (Wildman–Crippen MR) is 96.0 cm³/mol. The van der Waals surface area contributed by atoms with Gasteiger partial charge in [0.25, 0.3) is 0 Å². The fourth-order valence-corrected chi connectivity index (χ4v) is 2.32. The molecule has 0 aliphatic rings. The zero-order valence-corrected chi connectivity index (χ0v) is 15.5. The molecule has 1 atom stereocenters. The third-order valence-electron chi connectivity index (χ3n) is 3.72. The number of hydrogen-bond donors (Lipinski definition) is 2. The number of aliphatic imine (C=N–C) groups is 1. The molecule has 0 saturated carbocycles. The van der Waals surface area contributed by atoms with Crippen LogP contribution in [0.2, 0.25) is 0 Å². The van der Waals surface area contributed by atoms with Crippen molar-refractivity contribution in [3.05, 3.63) is 47.1 Å². The Balaban J connectivity index is 1.98. The lowest BCUT2D eigenvalue weighted by Crippen LogP contribution is -2.39. The Bertz CT molecular complexity index is 745. The monoisotopic (exact) mass is 365 g/mol. The van der Waals surface area contributed by atoms with E-state index < -0.39 is 11.6 Å². The van der Waals surface area contributed by atoms with Crippen molar-refractivity contribution >= 4 is 5.96 Å². The van der Waals surface area contributed by atoms with Crippen molar-refractivity contribution in [1.29, 1.82) is 0 Å². The van der Waals surface area contributed by atoms with Crippen molar-refractivity contribution in [3.8, 4) is 0 Å². The third kappa shape index (κ3) is 5.50. The van der Waals surface area contributed by atoms with Gasteiger partial charge in [0.15, 0.2) is 11.8 Å². The molecule has 1 heterocycles. The Morgan fingerprint density at radius 3 is 2.65 bits per heavy atom. The van der Waals surface area contributed by atoms with Crippen LogP contribution in [0.25, 0.3) is 0 Å². The highest BCUT2D eigenvalue weighted by Crippen LogP contribution is 2.17. The van der Waals surface area contributed by atoms with Crippen LogP contribution in [0.4, 0.5) is 8.78 Å². The van der Waals surface area contributed by atoms with Crippen LogP contribution in [0.15, 0.2) is 27.7 Å². The first-order chi connectivity index (χ1) is 12.4. The second kappa shape index (κ2) is 9.26. The topological polar surface area (TPSA) is 75.3 Å². The summed E-state index contributed by atoms with van der Waals surface area (Å²) in [6.07, 6.45) is 0.510. The number of nitrogens with one attached hydrogen (secondary N) is 2. The summed E-state index contributed by atoms with van der Waals surface area (Å²) in [6.45, 7) is 8.81. The maximum absolute atomic E-state index is 13.9. The highest BCUT2D eigenvalue weighted by Gasteiger charge is 2.13. The molecule has 26 heavy (non-hydrogen) atoms. The van der Waals surface area contributed by atoms with Crippen LogP contribution in [-0.2, 0) is 6.42 Å². The molecule has 2 rings (SSSR count). The minimum atomic E-state index is -0.598. The van der Waals surface area contributed by atoms with Crippen molar-refractivity contribution in [3.63, 3.8) is 0 Å². The molecule has 2 N–H and O–H groups in total. The Morgan fingerprint density at radius 1 is 1.27 bits per heavy atom. The van der Waals surface area contributed by atoms with Crippen LogP contribution in [0.3, 0.4) is 0 Å². The predicted octanol–water partition coefficient (Wildman–Crippen LogP) is 3.33. The van der Waals surface area contributed by atoms with Gasteiger partial charge in [-0.15, -0.1) is 0 Å². The Kier molecular flexibility index (Phi) is 7.06. The van der Waals surface area contributed by atoms with E-state index in [9.17, 15) is 8.78 Å². The average molecular weight is 365 g/mol. The molecular formula is C18H25F2N5O. The summed E-state index contributed by atoms with van der Waals surface area (Å²) in [5, 5.41) is 10.1. The van der Waals surface area contributed by atoms with Gasteiger partial charge in [0.2, 0.25) is 5.89 Å². The molecule has 2 aromatic rings. The highest BCUT2D eigenvalue weighted by molar-refractivity contribution is 5.80. The number of hydrogen-bond acceptors (Lipinski definition) is 4. The van der Waals surface area contributed by atoms with Gasteiger partial charge in [-0.25, -0.2) is 8.78 Å². The van der Waals surface area contributed by atoms with Crippen LogP contribution < -0.4 is 10.6 Å². The highest BCUT2D eigenvalue weighted by atomic mass is 19.1. The van der Waals surface area contributed by atoms with Crippen molar-refractivity contribution in [2.75, 3.05) is 13.1 Å². The van der Waals surface area contributed by atoms with Gasteiger partial charge in [-0.05, 0) is 19.9 Å². The molecule has 1 aromatic heterocycles. The van der Waals surface area contributed by atoms with E-state index in [-0.39, 0.29) is 12.0 Å². The van der Waals surface area contributed by atoms with E-state index in [0.717, 1.165) is 6.07 Å². The minimum absolute atomic E-state index is 0.210. The van der Waals surface area contributed by atoms with E-state index in [1.54, 1.807) is 6.92 Å². The summed E-state index contributed by atoms with van der Waals surface area (Å²) in [7, 11) is 0. The normalized spacial score (nSPS) is 13.1. The standard InChI is InChI=1S/C18H25F2N5O/c1-5-21-18(22-9-8-16-24-17(11(2)3)25-26-16)23-12(4)14-7-6-13(19)10-15(14)20/h6-7,10-12H,5,8-9H2,1-4H3,(H2,21,22,23). The van der Waals surface area contributed by atoms with Crippen molar-refractivity contribution < 1.29 is 13.3 Å². The molecule has 0 aliphatic heterocycles. The SMILES string of the molecule is CCNC(=NCCc1nc(C(C)C)no1)NC(C)c1ccc(F)cc1F. The van der Waals surface area contributed by atoms with Crippen LogP contribution in [-0.4, -0.2) is 29.2 Å². The van der Waals surface area contributed by atoms with Crippen LogP contribution in [0.1, 0.15) is 56.9 Å². The first-order valence-electron chi connectivity index (χ1n) is 8.73. The number of benzene rings is 1. The molecule has 142 valence electrons.